The number of aliphatic hydroxyl groups is 1. The van der Waals surface area contributed by atoms with Crippen LogP contribution in [0.25, 0.3) is 0 Å². The highest BCUT2D eigenvalue weighted by atomic mass is 35.5. The number of halogens is 2. The maximum Gasteiger partial charge on any atom is 0.159 e. The molecule has 0 aliphatic heterocycles. The first-order chi connectivity index (χ1) is 11.1. The maximum absolute atomic E-state index is 13.9. The van der Waals surface area contributed by atoms with E-state index in [0.717, 1.165) is 5.76 Å². The van der Waals surface area contributed by atoms with Crippen LogP contribution in [-0.4, -0.2) is 48.8 Å². The van der Waals surface area contributed by atoms with Crippen molar-refractivity contribution in [2.45, 2.75) is 50.2 Å². The molecule has 0 aromatic carbocycles. The summed E-state index contributed by atoms with van der Waals surface area (Å²) < 4.78 is 29.8. The Balaban J connectivity index is 1.88. The van der Waals surface area contributed by atoms with Crippen molar-refractivity contribution in [3.63, 3.8) is 0 Å². The second-order valence-corrected chi connectivity index (χ2v) is 6.25. The Morgan fingerprint density at radius 2 is 2.30 bits per heavy atom. The third kappa shape index (κ3) is 5.72. The molecule has 3 unspecified atom stereocenters. The second kappa shape index (κ2) is 9.59. The van der Waals surface area contributed by atoms with Crippen LogP contribution in [0.15, 0.2) is 22.8 Å². The number of aliphatic hydroxyl groups excluding tert-OH is 1. The lowest BCUT2D eigenvalue weighted by atomic mass is 9.82. The van der Waals surface area contributed by atoms with Gasteiger partial charge in [-0.3, -0.25) is 0 Å². The molecule has 0 spiro atoms. The van der Waals surface area contributed by atoms with E-state index in [1.807, 2.05) is 19.1 Å². The first-order valence-corrected chi connectivity index (χ1v) is 8.46. The Bertz CT molecular complexity index is 434. The van der Waals surface area contributed by atoms with Crippen LogP contribution in [0.1, 0.15) is 25.5 Å². The van der Waals surface area contributed by atoms with E-state index in [1.165, 1.54) is 0 Å². The molecule has 1 saturated carbocycles. The summed E-state index contributed by atoms with van der Waals surface area (Å²) in [5.41, 5.74) is 0. The summed E-state index contributed by atoms with van der Waals surface area (Å²) in [7, 11) is 0. The van der Waals surface area contributed by atoms with Gasteiger partial charge in [0.2, 0.25) is 0 Å². The van der Waals surface area contributed by atoms with Crippen LogP contribution in [0.5, 0.6) is 0 Å². The predicted molar refractivity (Wildman–Crippen MR) is 85.0 cm³/mol. The fourth-order valence-corrected chi connectivity index (χ4v) is 3.12. The normalized spacial score (nSPS) is 29.6. The molecule has 23 heavy (non-hydrogen) atoms. The van der Waals surface area contributed by atoms with Gasteiger partial charge >= 0.3 is 0 Å². The van der Waals surface area contributed by atoms with Gasteiger partial charge in [0, 0.05) is 18.6 Å². The van der Waals surface area contributed by atoms with E-state index in [-0.39, 0.29) is 25.0 Å². The van der Waals surface area contributed by atoms with Gasteiger partial charge in [-0.25, -0.2) is 4.39 Å². The van der Waals surface area contributed by atoms with Crippen LogP contribution in [0.2, 0.25) is 0 Å². The summed E-state index contributed by atoms with van der Waals surface area (Å²) in [5.74, 6) is 0.417. The van der Waals surface area contributed by atoms with E-state index < -0.39 is 17.8 Å². The van der Waals surface area contributed by atoms with Crippen molar-refractivity contribution >= 4 is 11.6 Å². The fourth-order valence-electron chi connectivity index (χ4n) is 2.83. The molecule has 0 saturated heterocycles. The van der Waals surface area contributed by atoms with E-state index in [4.69, 9.17) is 25.5 Å². The summed E-state index contributed by atoms with van der Waals surface area (Å²) in [4.78, 5) is 0. The summed E-state index contributed by atoms with van der Waals surface area (Å²) >= 11 is 6.06. The van der Waals surface area contributed by atoms with Crippen molar-refractivity contribution in [1.82, 2.24) is 5.32 Å². The molecule has 1 aromatic heterocycles. The van der Waals surface area contributed by atoms with Crippen LogP contribution in [0.3, 0.4) is 0 Å². The SMILES string of the molecule is CCOCCOC(O)C1C[C@@H](F)C(Cl)C[C@H]1NCc1ccco1. The number of ether oxygens (including phenoxy) is 2. The quantitative estimate of drug-likeness (QED) is 0.407. The molecule has 2 rings (SSSR count). The number of hydrogen-bond acceptors (Lipinski definition) is 5. The highest BCUT2D eigenvalue weighted by Crippen LogP contribution is 2.33. The minimum Gasteiger partial charge on any atom is -0.468 e. The minimum absolute atomic E-state index is 0.142. The van der Waals surface area contributed by atoms with Gasteiger partial charge in [-0.1, -0.05) is 0 Å². The second-order valence-electron chi connectivity index (χ2n) is 5.69. The average Bonchev–Trinajstić information content (AvgIpc) is 3.05. The lowest BCUT2D eigenvalue weighted by Crippen LogP contribution is -2.50. The molecule has 0 bridgehead atoms. The molecule has 5 nitrogen and oxygen atoms in total. The van der Waals surface area contributed by atoms with Gasteiger partial charge in [0.15, 0.2) is 6.29 Å². The van der Waals surface area contributed by atoms with Crippen LogP contribution in [0.4, 0.5) is 4.39 Å². The first kappa shape index (κ1) is 18.7. The van der Waals surface area contributed by atoms with E-state index in [1.54, 1.807) is 6.26 Å². The van der Waals surface area contributed by atoms with Gasteiger partial charge in [-0.15, -0.1) is 11.6 Å². The molecule has 0 radical (unpaired) electrons. The third-order valence-corrected chi connectivity index (χ3v) is 4.54. The molecule has 1 aliphatic rings. The molecule has 0 amide bonds. The van der Waals surface area contributed by atoms with Crippen molar-refractivity contribution in [3.05, 3.63) is 24.2 Å². The Morgan fingerprint density at radius 3 is 3.00 bits per heavy atom. The zero-order valence-corrected chi connectivity index (χ0v) is 14.0. The molecular weight excluding hydrogens is 325 g/mol. The van der Waals surface area contributed by atoms with Crippen molar-refractivity contribution in [3.8, 4) is 0 Å². The summed E-state index contributed by atoms with van der Waals surface area (Å²) in [6, 6.07) is 3.52. The molecule has 1 heterocycles. The zero-order chi connectivity index (χ0) is 16.7. The smallest absolute Gasteiger partial charge is 0.159 e. The number of hydrogen-bond donors (Lipinski definition) is 2. The van der Waals surface area contributed by atoms with E-state index in [0.29, 0.717) is 26.2 Å². The van der Waals surface area contributed by atoms with E-state index in [9.17, 15) is 9.50 Å². The Kier molecular flexibility index (Phi) is 7.79. The van der Waals surface area contributed by atoms with Crippen molar-refractivity contribution in [2.24, 2.45) is 5.92 Å². The van der Waals surface area contributed by atoms with Crippen LogP contribution < -0.4 is 5.32 Å². The zero-order valence-electron chi connectivity index (χ0n) is 13.3. The number of rotatable bonds is 9. The summed E-state index contributed by atoms with van der Waals surface area (Å²) in [6.45, 7) is 3.66. The Morgan fingerprint density at radius 1 is 1.48 bits per heavy atom. The monoisotopic (exact) mass is 349 g/mol. The lowest BCUT2D eigenvalue weighted by molar-refractivity contribution is -0.159. The number of furan rings is 1. The molecule has 132 valence electrons. The fraction of sp³-hybridized carbons (Fsp3) is 0.750. The lowest BCUT2D eigenvalue weighted by Gasteiger charge is -2.38. The molecule has 2 N–H and O–H groups in total. The van der Waals surface area contributed by atoms with Crippen LogP contribution in [0, 0.1) is 5.92 Å². The van der Waals surface area contributed by atoms with E-state index in [2.05, 4.69) is 5.32 Å². The molecule has 5 atom stereocenters. The standard InChI is InChI=1S/C16H25ClFNO4/c1-2-21-6-7-23-16(20)12-8-14(18)13(17)9-15(12)19-10-11-4-3-5-22-11/h3-5,12-16,19-20H,2,6-10H2,1H3/t12?,13?,14-,15-,16?/m1/s1. The highest BCUT2D eigenvalue weighted by molar-refractivity contribution is 6.21. The maximum atomic E-state index is 13.9. The average molecular weight is 350 g/mol. The Hall–Kier alpha value is -0.660. The highest BCUT2D eigenvalue weighted by Gasteiger charge is 2.40. The van der Waals surface area contributed by atoms with Crippen molar-refractivity contribution < 1.29 is 23.4 Å². The number of alkyl halides is 2. The predicted octanol–water partition coefficient (Wildman–Crippen LogP) is 2.46. The molecule has 1 aliphatic carbocycles. The van der Waals surface area contributed by atoms with Crippen LogP contribution >= 0.6 is 11.6 Å². The molecule has 1 aromatic rings. The summed E-state index contributed by atoms with van der Waals surface area (Å²) in [5, 5.41) is 13.0. The third-order valence-electron chi connectivity index (χ3n) is 4.09. The first-order valence-electron chi connectivity index (χ1n) is 8.03. The van der Waals surface area contributed by atoms with Gasteiger partial charge in [0.1, 0.15) is 11.9 Å². The molecular formula is C16H25ClFNO4. The number of nitrogens with one attached hydrogen (secondary N) is 1. The van der Waals surface area contributed by atoms with Crippen molar-refractivity contribution in [1.29, 1.82) is 0 Å². The van der Waals surface area contributed by atoms with E-state index >= 15 is 0 Å². The van der Waals surface area contributed by atoms with Crippen molar-refractivity contribution in [2.75, 3.05) is 19.8 Å². The molecule has 1 fully saturated rings. The topological polar surface area (TPSA) is 63.9 Å². The van der Waals surface area contributed by atoms with Gasteiger partial charge in [0.25, 0.3) is 0 Å². The van der Waals surface area contributed by atoms with Gasteiger partial charge in [-0.2, -0.15) is 0 Å². The molecule has 7 heteroatoms. The minimum atomic E-state index is -1.14. The Labute approximate surface area is 141 Å². The van der Waals surface area contributed by atoms with Crippen LogP contribution in [-0.2, 0) is 16.0 Å². The van der Waals surface area contributed by atoms with Gasteiger partial charge in [-0.05, 0) is 31.9 Å². The van der Waals surface area contributed by atoms with Gasteiger partial charge in [0.05, 0.1) is 31.4 Å². The van der Waals surface area contributed by atoms with Gasteiger partial charge < -0.3 is 24.3 Å². The summed E-state index contributed by atoms with van der Waals surface area (Å²) in [6.07, 6.45) is 0.00316. The largest absolute Gasteiger partial charge is 0.468 e.